The number of benzene rings is 2. The van der Waals surface area contributed by atoms with Gasteiger partial charge >= 0.3 is 0 Å². The number of para-hydroxylation sites is 1. The van der Waals surface area contributed by atoms with E-state index in [1.807, 2.05) is 77.5 Å². The number of thiophene rings is 1. The summed E-state index contributed by atoms with van der Waals surface area (Å²) < 4.78 is 5.85. The van der Waals surface area contributed by atoms with E-state index >= 15 is 0 Å². The quantitative estimate of drug-likeness (QED) is 0.420. The normalized spacial score (nSPS) is 10.6. The van der Waals surface area contributed by atoms with Crippen LogP contribution in [-0.4, -0.2) is 10.9 Å². The molecule has 0 saturated heterocycles. The van der Waals surface area contributed by atoms with Crippen molar-refractivity contribution in [2.75, 3.05) is 0 Å². The zero-order valence-electron chi connectivity index (χ0n) is 15.7. The van der Waals surface area contributed by atoms with Gasteiger partial charge in [0.2, 0.25) is 5.91 Å². The average Bonchev–Trinajstić information content (AvgIpc) is 3.44. The van der Waals surface area contributed by atoms with E-state index in [-0.39, 0.29) is 12.3 Å². The van der Waals surface area contributed by atoms with E-state index in [1.54, 1.807) is 22.7 Å². The van der Waals surface area contributed by atoms with E-state index in [0.29, 0.717) is 13.2 Å². The largest absolute Gasteiger partial charge is 0.489 e. The van der Waals surface area contributed by atoms with Crippen LogP contribution in [0.2, 0.25) is 0 Å². The molecule has 0 spiro atoms. The second-order valence-electron chi connectivity index (χ2n) is 6.45. The maximum atomic E-state index is 12.4. The van der Waals surface area contributed by atoms with Gasteiger partial charge in [0.1, 0.15) is 17.4 Å². The van der Waals surface area contributed by atoms with E-state index < -0.39 is 0 Å². The molecule has 0 bridgehead atoms. The van der Waals surface area contributed by atoms with Crippen molar-refractivity contribution in [2.45, 2.75) is 19.6 Å². The van der Waals surface area contributed by atoms with E-state index in [4.69, 9.17) is 4.74 Å². The highest BCUT2D eigenvalue weighted by Crippen LogP contribution is 2.27. The fourth-order valence-corrected chi connectivity index (χ4v) is 4.50. The number of rotatable bonds is 8. The molecule has 6 heteroatoms. The summed E-state index contributed by atoms with van der Waals surface area (Å²) in [5.41, 5.74) is 2.91. The number of carbonyl (C=O) groups excluding carboxylic acids is 1. The van der Waals surface area contributed by atoms with Gasteiger partial charge in [-0.2, -0.15) is 0 Å². The van der Waals surface area contributed by atoms with Crippen LogP contribution in [0.25, 0.3) is 9.88 Å². The Morgan fingerprint density at radius 3 is 2.52 bits per heavy atom. The highest BCUT2D eigenvalue weighted by molar-refractivity contribution is 7.20. The zero-order chi connectivity index (χ0) is 19.9. The molecule has 0 saturated carbocycles. The van der Waals surface area contributed by atoms with Crippen LogP contribution in [0.5, 0.6) is 5.75 Å². The molecule has 29 heavy (non-hydrogen) atoms. The van der Waals surface area contributed by atoms with Crippen molar-refractivity contribution in [1.82, 2.24) is 10.3 Å². The second-order valence-corrected chi connectivity index (χ2v) is 8.25. The number of nitrogens with zero attached hydrogens (tertiary/aromatic N) is 1. The lowest BCUT2D eigenvalue weighted by atomic mass is 10.1. The summed E-state index contributed by atoms with van der Waals surface area (Å²) in [5, 5.41) is 7.95. The minimum absolute atomic E-state index is 0.0354. The summed E-state index contributed by atoms with van der Waals surface area (Å²) in [5.74, 6) is 0.795. The van der Waals surface area contributed by atoms with Crippen molar-refractivity contribution < 1.29 is 9.53 Å². The number of amides is 1. The predicted molar refractivity (Wildman–Crippen MR) is 118 cm³/mol. The number of ether oxygens (including phenoxy) is 1. The van der Waals surface area contributed by atoms with Crippen molar-refractivity contribution in [3.63, 3.8) is 0 Å². The molecule has 0 fully saturated rings. The standard InChI is InChI=1S/C23H20N2O2S2/c26-22(13-19-16-29-23(25-19)21-11-6-12-28-21)24-14-17-7-4-5-8-18(17)15-27-20-9-2-1-3-10-20/h1-12,16H,13-15H2,(H,24,26). The maximum Gasteiger partial charge on any atom is 0.226 e. The number of aromatic nitrogens is 1. The van der Waals surface area contributed by atoms with Crippen molar-refractivity contribution in [3.8, 4) is 15.6 Å². The van der Waals surface area contributed by atoms with Crippen LogP contribution in [0.1, 0.15) is 16.8 Å². The van der Waals surface area contributed by atoms with E-state index in [9.17, 15) is 4.79 Å². The Hall–Kier alpha value is -2.96. The molecule has 4 aromatic rings. The molecule has 2 heterocycles. The molecule has 0 atom stereocenters. The van der Waals surface area contributed by atoms with Crippen LogP contribution >= 0.6 is 22.7 Å². The third-order valence-electron chi connectivity index (χ3n) is 4.36. The van der Waals surface area contributed by atoms with Gasteiger partial charge in [-0.1, -0.05) is 48.5 Å². The lowest BCUT2D eigenvalue weighted by molar-refractivity contribution is -0.120. The Kier molecular flexibility index (Phi) is 6.34. The van der Waals surface area contributed by atoms with Gasteiger partial charge in [-0.15, -0.1) is 22.7 Å². The fraction of sp³-hybridized carbons (Fsp3) is 0.130. The Morgan fingerprint density at radius 1 is 0.931 bits per heavy atom. The smallest absolute Gasteiger partial charge is 0.226 e. The van der Waals surface area contributed by atoms with Crippen molar-refractivity contribution in [3.05, 3.63) is 94.3 Å². The van der Waals surface area contributed by atoms with Gasteiger partial charge in [-0.05, 0) is 34.7 Å². The van der Waals surface area contributed by atoms with Gasteiger partial charge in [0, 0.05) is 11.9 Å². The van der Waals surface area contributed by atoms with Gasteiger partial charge in [0.25, 0.3) is 0 Å². The zero-order valence-corrected chi connectivity index (χ0v) is 17.3. The molecule has 146 valence electrons. The summed E-state index contributed by atoms with van der Waals surface area (Å²) in [6, 6.07) is 21.8. The van der Waals surface area contributed by atoms with Crippen LogP contribution in [0.3, 0.4) is 0 Å². The third-order valence-corrected chi connectivity index (χ3v) is 6.29. The second kappa shape index (κ2) is 9.49. The van der Waals surface area contributed by atoms with E-state index in [0.717, 1.165) is 32.5 Å². The van der Waals surface area contributed by atoms with Crippen molar-refractivity contribution >= 4 is 28.6 Å². The van der Waals surface area contributed by atoms with Crippen LogP contribution < -0.4 is 10.1 Å². The Bertz CT molecular complexity index is 1060. The first-order chi connectivity index (χ1) is 14.3. The minimum Gasteiger partial charge on any atom is -0.489 e. The third kappa shape index (κ3) is 5.31. The molecule has 4 nitrogen and oxygen atoms in total. The lowest BCUT2D eigenvalue weighted by Crippen LogP contribution is -2.25. The van der Waals surface area contributed by atoms with Crippen LogP contribution in [0.15, 0.2) is 77.5 Å². The summed E-state index contributed by atoms with van der Waals surface area (Å²) >= 11 is 3.23. The molecule has 2 aromatic carbocycles. The highest BCUT2D eigenvalue weighted by atomic mass is 32.1. The molecule has 0 aliphatic carbocycles. The first-order valence-corrected chi connectivity index (χ1v) is 11.0. The number of hydrogen-bond donors (Lipinski definition) is 1. The molecule has 1 amide bonds. The monoisotopic (exact) mass is 420 g/mol. The van der Waals surface area contributed by atoms with E-state index in [1.165, 1.54) is 0 Å². The summed E-state index contributed by atoms with van der Waals surface area (Å²) in [6.07, 6.45) is 0.282. The van der Waals surface area contributed by atoms with Gasteiger partial charge in [0.15, 0.2) is 0 Å². The summed E-state index contributed by atoms with van der Waals surface area (Å²) in [4.78, 5) is 18.1. The number of nitrogens with one attached hydrogen (secondary N) is 1. The molecule has 0 radical (unpaired) electrons. The molecule has 2 aromatic heterocycles. The van der Waals surface area contributed by atoms with Crippen LogP contribution in [0.4, 0.5) is 0 Å². The van der Waals surface area contributed by atoms with Gasteiger partial charge in [0.05, 0.1) is 17.0 Å². The van der Waals surface area contributed by atoms with Gasteiger partial charge in [-0.3, -0.25) is 4.79 Å². The summed E-state index contributed by atoms with van der Waals surface area (Å²) in [7, 11) is 0. The number of hydrogen-bond acceptors (Lipinski definition) is 5. The molecule has 0 aliphatic heterocycles. The molecular formula is C23H20N2O2S2. The molecular weight excluding hydrogens is 400 g/mol. The lowest BCUT2D eigenvalue weighted by Gasteiger charge is -2.12. The molecule has 4 rings (SSSR count). The van der Waals surface area contributed by atoms with Gasteiger partial charge in [-0.25, -0.2) is 4.98 Å². The first kappa shape index (κ1) is 19.4. The van der Waals surface area contributed by atoms with Crippen molar-refractivity contribution in [2.24, 2.45) is 0 Å². The SMILES string of the molecule is O=C(Cc1csc(-c2cccs2)n1)NCc1ccccc1COc1ccccc1. The molecule has 0 aliphatic rings. The Labute approximate surface area is 177 Å². The molecule has 1 N–H and O–H groups in total. The van der Waals surface area contributed by atoms with E-state index in [2.05, 4.69) is 10.3 Å². The fourth-order valence-electron chi connectivity index (χ4n) is 2.87. The number of thiazole rings is 1. The van der Waals surface area contributed by atoms with Gasteiger partial charge < -0.3 is 10.1 Å². The topological polar surface area (TPSA) is 51.2 Å². The minimum atomic E-state index is -0.0354. The van der Waals surface area contributed by atoms with Crippen molar-refractivity contribution in [1.29, 1.82) is 0 Å². The predicted octanol–water partition coefficient (Wildman–Crippen LogP) is 5.31. The Balaban J connectivity index is 1.32. The van der Waals surface area contributed by atoms with Crippen LogP contribution in [-0.2, 0) is 24.4 Å². The van der Waals surface area contributed by atoms with Crippen LogP contribution in [0, 0.1) is 0 Å². The number of carbonyl (C=O) groups is 1. The Morgan fingerprint density at radius 2 is 1.72 bits per heavy atom. The first-order valence-electron chi connectivity index (χ1n) is 9.27. The summed E-state index contributed by atoms with van der Waals surface area (Å²) in [6.45, 7) is 0.932. The highest BCUT2D eigenvalue weighted by Gasteiger charge is 2.10. The average molecular weight is 421 g/mol. The molecule has 0 unspecified atom stereocenters. The maximum absolute atomic E-state index is 12.4.